The fourth-order valence-electron chi connectivity index (χ4n) is 3.66. The van der Waals surface area contributed by atoms with Gasteiger partial charge < -0.3 is 10.0 Å². The fraction of sp³-hybridized carbons (Fsp3) is 0.304. The number of likely N-dealkylation sites (N-methyl/N-ethyl adjacent to an activating group) is 1. The van der Waals surface area contributed by atoms with Gasteiger partial charge in [0.1, 0.15) is 6.42 Å². The molecule has 0 fully saturated rings. The number of carboxylic acid groups (broad SMARTS) is 1. The van der Waals surface area contributed by atoms with E-state index in [0.717, 1.165) is 9.80 Å². The average Bonchev–Trinajstić information content (AvgIpc) is 2.74. The van der Waals surface area contributed by atoms with Gasteiger partial charge in [-0.2, -0.15) is 13.2 Å². The normalized spacial score (nSPS) is 13.1. The van der Waals surface area contributed by atoms with Crippen molar-refractivity contribution in [3.8, 4) is 0 Å². The van der Waals surface area contributed by atoms with Crippen LogP contribution in [0.5, 0.6) is 0 Å². The van der Waals surface area contributed by atoms with Crippen LogP contribution in [0.25, 0.3) is 0 Å². The number of nitrogens with zero attached hydrogens (tertiary/aromatic N) is 2. The van der Waals surface area contributed by atoms with Gasteiger partial charge in [-0.15, -0.1) is 6.58 Å². The number of amides is 2. The molecule has 2 rings (SSSR count). The molecule has 1 N–H and O–H groups in total. The van der Waals surface area contributed by atoms with E-state index in [0.29, 0.717) is 11.1 Å². The molecule has 12 heteroatoms. The summed E-state index contributed by atoms with van der Waals surface area (Å²) in [6.07, 6.45) is -6.49. The van der Waals surface area contributed by atoms with E-state index in [1.54, 1.807) is 6.07 Å². The molecule has 0 heterocycles. The Balaban J connectivity index is 2.68. The third-order valence-electron chi connectivity index (χ3n) is 5.29. The van der Waals surface area contributed by atoms with Crippen molar-refractivity contribution in [2.24, 2.45) is 0 Å². The van der Waals surface area contributed by atoms with E-state index in [1.165, 1.54) is 43.5 Å². The Morgan fingerprint density at radius 3 is 2.06 bits per heavy atom. The minimum absolute atomic E-state index is 0.0672. The Bertz CT molecular complexity index is 1110. The van der Waals surface area contributed by atoms with Crippen LogP contribution in [-0.2, 0) is 16.9 Å². The van der Waals surface area contributed by atoms with E-state index >= 15 is 0 Å². The van der Waals surface area contributed by atoms with Crippen molar-refractivity contribution < 1.29 is 27.9 Å². The first-order valence-corrected chi connectivity index (χ1v) is 11.5. The summed E-state index contributed by atoms with van der Waals surface area (Å²) in [5.74, 6) is -1.23. The number of benzene rings is 2. The minimum Gasteiger partial charge on any atom is -0.465 e. The van der Waals surface area contributed by atoms with Gasteiger partial charge in [-0.1, -0.05) is 64.6 Å². The average molecular weight is 572 g/mol. The Labute approximate surface area is 220 Å². The molecule has 0 radical (unpaired) electrons. The summed E-state index contributed by atoms with van der Waals surface area (Å²) < 4.78 is 38.7. The van der Waals surface area contributed by atoms with Crippen LogP contribution in [0.3, 0.4) is 0 Å². The fourth-order valence-corrected chi connectivity index (χ4v) is 4.28. The predicted molar refractivity (Wildman–Crippen MR) is 131 cm³/mol. The Morgan fingerprint density at radius 1 is 1.00 bits per heavy atom. The maximum absolute atomic E-state index is 12.9. The van der Waals surface area contributed by atoms with E-state index in [2.05, 4.69) is 6.58 Å². The summed E-state index contributed by atoms with van der Waals surface area (Å²) in [6.45, 7) is 3.03. The quantitative estimate of drug-likeness (QED) is 0.314. The highest BCUT2D eigenvalue weighted by Gasteiger charge is 2.44. The zero-order valence-corrected chi connectivity index (χ0v) is 21.4. The van der Waals surface area contributed by atoms with Crippen molar-refractivity contribution in [3.05, 3.63) is 80.3 Å². The van der Waals surface area contributed by atoms with Crippen molar-refractivity contribution in [2.45, 2.75) is 31.1 Å². The molecule has 5 nitrogen and oxygen atoms in total. The number of carbonyl (C=O) groups excluding carboxylic acids is 1. The molecule has 0 bridgehead atoms. The molecular weight excluding hydrogens is 551 g/mol. The smallest absolute Gasteiger partial charge is 0.408 e. The van der Waals surface area contributed by atoms with Crippen LogP contribution in [0, 0.1) is 0 Å². The molecule has 2 aromatic carbocycles. The molecule has 0 aromatic heterocycles. The molecule has 2 aromatic rings. The number of hydrogen-bond acceptors (Lipinski definition) is 2. The van der Waals surface area contributed by atoms with Gasteiger partial charge in [0.15, 0.2) is 0 Å². The molecule has 0 saturated heterocycles. The highest BCUT2D eigenvalue weighted by atomic mass is 35.5. The van der Waals surface area contributed by atoms with Crippen LogP contribution in [0.1, 0.15) is 24.0 Å². The Hall–Kier alpha value is -2.13. The number of halogens is 7. The van der Waals surface area contributed by atoms with Crippen molar-refractivity contribution in [2.75, 3.05) is 13.6 Å². The van der Waals surface area contributed by atoms with Gasteiger partial charge in [-0.25, -0.2) is 4.79 Å². The van der Waals surface area contributed by atoms with Gasteiger partial charge in [0, 0.05) is 13.6 Å². The van der Waals surface area contributed by atoms with E-state index < -0.39 is 36.7 Å². The number of alkyl halides is 3. The van der Waals surface area contributed by atoms with Gasteiger partial charge >= 0.3 is 12.3 Å². The van der Waals surface area contributed by atoms with Crippen LogP contribution in [0.2, 0.25) is 20.1 Å². The lowest BCUT2D eigenvalue weighted by molar-refractivity contribution is -0.161. The van der Waals surface area contributed by atoms with E-state index in [1.807, 2.05) is 0 Å². The lowest BCUT2D eigenvalue weighted by atomic mass is 9.83. The summed E-state index contributed by atoms with van der Waals surface area (Å²) in [7, 11) is 1.17. The summed E-state index contributed by atoms with van der Waals surface area (Å²) in [5, 5.41) is 11.0. The van der Waals surface area contributed by atoms with Crippen LogP contribution in [0.15, 0.2) is 49.1 Å². The molecule has 1 atom stereocenters. The van der Waals surface area contributed by atoms with Crippen molar-refractivity contribution in [1.29, 1.82) is 0 Å². The van der Waals surface area contributed by atoms with E-state index in [-0.39, 0.29) is 33.1 Å². The maximum atomic E-state index is 12.9. The monoisotopic (exact) mass is 570 g/mol. The van der Waals surface area contributed by atoms with Crippen molar-refractivity contribution in [1.82, 2.24) is 9.80 Å². The molecule has 190 valence electrons. The van der Waals surface area contributed by atoms with Crippen LogP contribution >= 0.6 is 46.4 Å². The van der Waals surface area contributed by atoms with Gasteiger partial charge in [-0.3, -0.25) is 9.69 Å². The van der Waals surface area contributed by atoms with Crippen LogP contribution in [0.4, 0.5) is 18.0 Å². The molecule has 2 amide bonds. The van der Waals surface area contributed by atoms with E-state index in [4.69, 9.17) is 46.4 Å². The third-order valence-corrected chi connectivity index (χ3v) is 6.77. The highest BCUT2D eigenvalue weighted by Crippen LogP contribution is 2.39. The molecule has 0 aliphatic carbocycles. The Morgan fingerprint density at radius 2 is 1.57 bits per heavy atom. The lowest BCUT2D eigenvalue weighted by Gasteiger charge is -2.45. The summed E-state index contributed by atoms with van der Waals surface area (Å²) in [6, 6.07) is 8.90. The molecule has 0 saturated carbocycles. The molecule has 0 aliphatic rings. The maximum Gasteiger partial charge on any atom is 0.408 e. The zero-order chi connectivity index (χ0) is 26.6. The molecule has 0 aliphatic heterocycles. The Kier molecular flexibility index (Phi) is 9.76. The van der Waals surface area contributed by atoms with Gasteiger partial charge in [0.05, 0.1) is 32.2 Å². The van der Waals surface area contributed by atoms with Gasteiger partial charge in [-0.05, 0) is 41.8 Å². The number of carbonyl (C=O) groups is 2. The van der Waals surface area contributed by atoms with Gasteiger partial charge in [0.2, 0.25) is 5.91 Å². The second-order valence-electron chi connectivity index (χ2n) is 7.81. The predicted octanol–water partition coefficient (Wildman–Crippen LogP) is 7.66. The van der Waals surface area contributed by atoms with Crippen LogP contribution in [-0.4, -0.2) is 46.7 Å². The number of hydrogen-bond donors (Lipinski definition) is 1. The first-order chi connectivity index (χ1) is 16.2. The number of rotatable bonds is 9. The largest absolute Gasteiger partial charge is 0.465 e. The first-order valence-electron chi connectivity index (χ1n) is 10.0. The standard InChI is InChI=1S/C23H21Cl4F3N2O3/c1-3-8-22(15-5-7-17(25)19(27)10-15,13-31(2)20(33)11-23(28,29)30)32(21(34)35)12-14-4-6-16(24)18(26)9-14/h3-7,9-10H,1,8,11-13H2,2H3,(H,34,35)/t22-/m1/s1. The summed E-state index contributed by atoms with van der Waals surface area (Å²) in [5.41, 5.74) is -0.815. The van der Waals surface area contributed by atoms with Crippen molar-refractivity contribution >= 4 is 58.4 Å². The molecule has 0 spiro atoms. The summed E-state index contributed by atoms with van der Waals surface area (Å²) >= 11 is 24.3. The third kappa shape index (κ3) is 7.43. The lowest BCUT2D eigenvalue weighted by Crippen LogP contribution is -2.55. The van der Waals surface area contributed by atoms with Gasteiger partial charge in [0.25, 0.3) is 0 Å². The molecule has 35 heavy (non-hydrogen) atoms. The second kappa shape index (κ2) is 11.7. The molecular formula is C23H21Cl4F3N2O3. The van der Waals surface area contributed by atoms with E-state index in [9.17, 15) is 27.9 Å². The molecule has 0 unspecified atom stereocenters. The van der Waals surface area contributed by atoms with Crippen molar-refractivity contribution in [3.63, 3.8) is 0 Å². The van der Waals surface area contributed by atoms with Crippen LogP contribution < -0.4 is 0 Å². The second-order valence-corrected chi connectivity index (χ2v) is 9.44. The SMILES string of the molecule is C=CC[C@@](CN(C)C(=O)CC(F)(F)F)(c1ccc(Cl)c(Cl)c1)N(Cc1ccc(Cl)c(Cl)c1)C(=O)O. The highest BCUT2D eigenvalue weighted by molar-refractivity contribution is 6.42. The minimum atomic E-state index is -4.73. The zero-order valence-electron chi connectivity index (χ0n) is 18.4. The summed E-state index contributed by atoms with van der Waals surface area (Å²) in [4.78, 5) is 26.8. The first kappa shape index (κ1) is 29.1. The topological polar surface area (TPSA) is 60.9 Å².